The van der Waals surface area contributed by atoms with E-state index in [0.717, 1.165) is 22.0 Å². The average Bonchev–Trinajstić information content (AvgIpc) is 3.11. The highest BCUT2D eigenvalue weighted by Crippen LogP contribution is 2.35. The van der Waals surface area contributed by atoms with Crippen molar-refractivity contribution in [2.75, 3.05) is 13.6 Å². The van der Waals surface area contributed by atoms with Gasteiger partial charge >= 0.3 is 6.36 Å². The number of hydrogen-bond donors (Lipinski definition) is 0. The summed E-state index contributed by atoms with van der Waals surface area (Å²) in [5, 5.41) is 10.6. The van der Waals surface area contributed by atoms with Crippen LogP contribution < -0.4 is 4.74 Å². The van der Waals surface area contributed by atoms with Crippen LogP contribution in [0, 0.1) is 11.3 Å². The van der Waals surface area contributed by atoms with Gasteiger partial charge in [0.1, 0.15) is 11.8 Å². The molecular weight excluding hydrogens is 407 g/mol. The zero-order valence-electron chi connectivity index (χ0n) is 17.0. The number of nitrogens with zero attached hydrogens (tertiary/aromatic N) is 3. The van der Waals surface area contributed by atoms with E-state index in [1.54, 1.807) is 19.2 Å². The minimum Gasteiger partial charge on any atom is -0.406 e. The maximum absolute atomic E-state index is 12.5. The molecule has 0 aliphatic carbocycles. The Bertz CT molecular complexity index is 1170. The molecule has 0 radical (unpaired) electrons. The molecule has 160 valence electrons. The lowest BCUT2D eigenvalue weighted by Gasteiger charge is -2.17. The van der Waals surface area contributed by atoms with Gasteiger partial charge in [-0.2, -0.15) is 5.26 Å². The van der Waals surface area contributed by atoms with Crippen molar-refractivity contribution < 1.29 is 22.7 Å². The van der Waals surface area contributed by atoms with Gasteiger partial charge in [-0.3, -0.25) is 4.79 Å². The van der Waals surface area contributed by atoms with E-state index in [0.29, 0.717) is 24.1 Å². The first-order valence-corrected chi connectivity index (χ1v) is 9.39. The molecule has 2 aromatic carbocycles. The van der Waals surface area contributed by atoms with Crippen molar-refractivity contribution in [3.63, 3.8) is 0 Å². The Morgan fingerprint density at radius 3 is 2.55 bits per heavy atom. The molecule has 3 aromatic rings. The van der Waals surface area contributed by atoms with Crippen LogP contribution in [0.3, 0.4) is 0 Å². The Balaban J connectivity index is 2.06. The smallest absolute Gasteiger partial charge is 0.406 e. The summed E-state index contributed by atoms with van der Waals surface area (Å²) in [4.78, 5) is 13.3. The predicted octanol–water partition coefficient (Wildman–Crippen LogP) is 4.80. The second-order valence-electron chi connectivity index (χ2n) is 7.05. The third kappa shape index (κ3) is 4.72. The van der Waals surface area contributed by atoms with Gasteiger partial charge < -0.3 is 14.2 Å². The molecule has 1 amide bonds. The van der Waals surface area contributed by atoms with Crippen LogP contribution in [-0.2, 0) is 18.3 Å². The zero-order chi connectivity index (χ0) is 22.8. The molecule has 3 rings (SSSR count). The summed E-state index contributed by atoms with van der Waals surface area (Å²) >= 11 is 0. The number of carbonyl (C=O) groups excluding carboxylic acids is 1. The summed E-state index contributed by atoms with van der Waals surface area (Å²) in [6.07, 6.45) is -1.28. The molecule has 0 spiro atoms. The van der Waals surface area contributed by atoms with Gasteiger partial charge in [-0.05, 0) is 53.5 Å². The van der Waals surface area contributed by atoms with E-state index in [2.05, 4.69) is 17.4 Å². The summed E-state index contributed by atoms with van der Waals surface area (Å²) in [5.74, 6) is -0.530. The maximum atomic E-state index is 12.5. The van der Waals surface area contributed by atoms with Crippen LogP contribution >= 0.6 is 0 Å². The molecule has 1 aromatic heterocycles. The highest BCUT2D eigenvalue weighted by molar-refractivity contribution is 5.99. The topological polar surface area (TPSA) is 58.3 Å². The van der Waals surface area contributed by atoms with Crippen LogP contribution in [0.4, 0.5) is 13.2 Å². The van der Waals surface area contributed by atoms with Gasteiger partial charge in [-0.25, -0.2) is 0 Å². The van der Waals surface area contributed by atoms with E-state index in [4.69, 9.17) is 0 Å². The second-order valence-corrected chi connectivity index (χ2v) is 7.05. The van der Waals surface area contributed by atoms with E-state index in [1.165, 1.54) is 23.1 Å². The molecule has 0 bridgehead atoms. The molecule has 0 aliphatic rings. The molecule has 0 atom stereocenters. The van der Waals surface area contributed by atoms with Crippen molar-refractivity contribution in [3.05, 3.63) is 66.4 Å². The van der Waals surface area contributed by atoms with Crippen LogP contribution in [0.1, 0.15) is 11.1 Å². The molecule has 0 aliphatic heterocycles. The van der Waals surface area contributed by atoms with Crippen LogP contribution in [0.15, 0.2) is 55.3 Å². The van der Waals surface area contributed by atoms with Gasteiger partial charge in [0, 0.05) is 32.2 Å². The highest BCUT2D eigenvalue weighted by atomic mass is 19.4. The van der Waals surface area contributed by atoms with Crippen molar-refractivity contribution in [2.45, 2.75) is 12.8 Å². The molecule has 1 heterocycles. The van der Waals surface area contributed by atoms with E-state index in [-0.39, 0.29) is 11.7 Å². The molecule has 0 saturated carbocycles. The Morgan fingerprint density at radius 2 is 1.97 bits per heavy atom. The molecule has 0 fully saturated rings. The molecule has 0 unspecified atom stereocenters. The fourth-order valence-corrected chi connectivity index (χ4v) is 3.49. The Labute approximate surface area is 177 Å². The molecule has 0 saturated heterocycles. The monoisotopic (exact) mass is 427 g/mol. The number of amides is 1. The number of hydrogen-bond acceptors (Lipinski definition) is 3. The Kier molecular flexibility index (Phi) is 6.07. The Hall–Kier alpha value is -3.73. The SMILES string of the molecule is C=CC(=O)N(C)CCc1cc(-c2ccc(OC(F)(F)F)cc2)c2ccn(C)c2c1C#N. The van der Waals surface area contributed by atoms with Gasteiger partial charge in [0.25, 0.3) is 0 Å². The van der Waals surface area contributed by atoms with Crippen LogP contribution in [0.2, 0.25) is 0 Å². The summed E-state index contributed by atoms with van der Waals surface area (Å²) in [6, 6.07) is 11.6. The molecule has 8 heteroatoms. The van der Waals surface area contributed by atoms with E-state index in [9.17, 15) is 23.2 Å². The molecule has 31 heavy (non-hydrogen) atoms. The first-order chi connectivity index (χ1) is 14.6. The number of aromatic nitrogens is 1. The summed E-state index contributed by atoms with van der Waals surface area (Å²) < 4.78 is 43.1. The number of nitriles is 1. The van der Waals surface area contributed by atoms with Gasteiger partial charge in [0.15, 0.2) is 0 Å². The van der Waals surface area contributed by atoms with E-state index in [1.807, 2.05) is 29.9 Å². The van der Waals surface area contributed by atoms with Crippen LogP contribution in [-0.4, -0.2) is 35.3 Å². The third-order valence-corrected chi connectivity index (χ3v) is 5.02. The number of halogens is 3. The normalized spacial score (nSPS) is 11.2. The fourth-order valence-electron chi connectivity index (χ4n) is 3.49. The molecular formula is C23H20F3N3O2. The minimum absolute atomic E-state index is 0.223. The lowest BCUT2D eigenvalue weighted by Crippen LogP contribution is -2.27. The van der Waals surface area contributed by atoms with Crippen LogP contribution in [0.5, 0.6) is 5.75 Å². The average molecular weight is 427 g/mol. The number of rotatable bonds is 6. The number of benzene rings is 2. The summed E-state index contributed by atoms with van der Waals surface area (Å²) in [5.41, 5.74) is 3.44. The van der Waals surface area contributed by atoms with Gasteiger partial charge in [0.05, 0.1) is 11.1 Å². The highest BCUT2D eigenvalue weighted by Gasteiger charge is 2.31. The minimum atomic E-state index is -4.76. The molecule has 0 N–H and O–H groups in total. The van der Waals surface area contributed by atoms with Gasteiger partial charge in [-0.1, -0.05) is 18.7 Å². The number of ether oxygens (including phenoxy) is 1. The van der Waals surface area contributed by atoms with Crippen molar-refractivity contribution in [1.82, 2.24) is 9.47 Å². The van der Waals surface area contributed by atoms with Gasteiger partial charge in [0.2, 0.25) is 5.91 Å². The number of carbonyl (C=O) groups is 1. The second kappa shape index (κ2) is 8.56. The number of alkyl halides is 3. The van der Waals surface area contributed by atoms with Crippen molar-refractivity contribution in [2.24, 2.45) is 7.05 Å². The largest absolute Gasteiger partial charge is 0.573 e. The lowest BCUT2D eigenvalue weighted by molar-refractivity contribution is -0.274. The van der Waals surface area contributed by atoms with Crippen LogP contribution in [0.25, 0.3) is 22.0 Å². The maximum Gasteiger partial charge on any atom is 0.573 e. The van der Waals surface area contributed by atoms with Crippen molar-refractivity contribution in [1.29, 1.82) is 5.26 Å². The predicted molar refractivity (Wildman–Crippen MR) is 111 cm³/mol. The number of likely N-dealkylation sites (N-methyl/N-ethyl adjacent to an activating group) is 1. The number of aryl methyl sites for hydroxylation is 1. The standard InChI is InChI=1S/C23H20F3N3O2/c1-4-21(30)28(2)11-9-16-13-19(18-10-12-29(3)22(18)20(16)14-27)15-5-7-17(8-6-15)31-23(24,25)26/h4-8,10,12-13H,1,9,11H2,2-3H3. The van der Waals surface area contributed by atoms with Crippen molar-refractivity contribution >= 4 is 16.8 Å². The number of fused-ring (bicyclic) bond motifs is 1. The summed E-state index contributed by atoms with van der Waals surface area (Å²) in [6.45, 7) is 3.85. The Morgan fingerprint density at radius 1 is 1.29 bits per heavy atom. The first-order valence-electron chi connectivity index (χ1n) is 9.39. The van der Waals surface area contributed by atoms with E-state index < -0.39 is 6.36 Å². The summed E-state index contributed by atoms with van der Waals surface area (Å²) in [7, 11) is 3.47. The quantitative estimate of drug-likeness (QED) is 0.531. The third-order valence-electron chi connectivity index (χ3n) is 5.02. The van der Waals surface area contributed by atoms with Crippen molar-refractivity contribution in [3.8, 4) is 22.9 Å². The zero-order valence-corrected chi connectivity index (χ0v) is 17.0. The fraction of sp³-hybridized carbons (Fsp3) is 0.217. The van der Waals surface area contributed by atoms with E-state index >= 15 is 0 Å². The lowest BCUT2D eigenvalue weighted by atomic mass is 9.93. The van der Waals surface area contributed by atoms with Gasteiger partial charge in [-0.15, -0.1) is 13.2 Å². The molecule has 5 nitrogen and oxygen atoms in total. The first kappa shape index (κ1) is 22.0.